The quantitative estimate of drug-likeness (QED) is 0.611. The highest BCUT2D eigenvalue weighted by Crippen LogP contribution is 2.36. The van der Waals surface area contributed by atoms with Crippen molar-refractivity contribution < 1.29 is 14.4 Å². The third-order valence-corrected chi connectivity index (χ3v) is 8.27. The second-order valence-electron chi connectivity index (χ2n) is 9.33. The third kappa shape index (κ3) is 4.41. The molecule has 1 aromatic carbocycles. The van der Waals surface area contributed by atoms with Crippen LogP contribution in [0.25, 0.3) is 0 Å². The maximum Gasteiger partial charge on any atom is 0.325 e. The van der Waals surface area contributed by atoms with Crippen molar-refractivity contribution in [2.75, 3.05) is 38.6 Å². The second-order valence-corrected chi connectivity index (χ2v) is 10.3. The van der Waals surface area contributed by atoms with Gasteiger partial charge in [0.1, 0.15) is 5.54 Å². The number of benzene rings is 1. The molecule has 0 aliphatic carbocycles. The van der Waals surface area contributed by atoms with Crippen LogP contribution in [-0.4, -0.2) is 71.9 Å². The van der Waals surface area contributed by atoms with E-state index in [-0.39, 0.29) is 23.8 Å². The molecule has 2 saturated heterocycles. The van der Waals surface area contributed by atoms with Gasteiger partial charge in [-0.25, -0.2) is 9.78 Å². The van der Waals surface area contributed by atoms with E-state index in [4.69, 9.17) is 0 Å². The van der Waals surface area contributed by atoms with E-state index >= 15 is 0 Å². The number of hydrogen-bond acceptors (Lipinski definition) is 6. The van der Waals surface area contributed by atoms with Gasteiger partial charge in [0.05, 0.1) is 11.2 Å². The Hall–Kier alpha value is -2.94. The van der Waals surface area contributed by atoms with Crippen molar-refractivity contribution in [3.63, 3.8) is 0 Å². The predicted molar refractivity (Wildman–Crippen MR) is 133 cm³/mol. The highest BCUT2D eigenvalue weighted by atomic mass is 32.1. The second kappa shape index (κ2) is 9.74. The molecule has 4 amide bonds. The molecule has 0 spiro atoms. The molecule has 2 fully saturated rings. The molecule has 1 N–H and O–H groups in total. The van der Waals surface area contributed by atoms with Crippen LogP contribution in [0.3, 0.4) is 0 Å². The van der Waals surface area contributed by atoms with Crippen molar-refractivity contribution in [1.29, 1.82) is 0 Å². The lowest BCUT2D eigenvalue weighted by Crippen LogP contribution is -2.56. The monoisotopic (exact) mass is 483 g/mol. The Kier molecular flexibility index (Phi) is 6.93. The molecule has 1 aromatic heterocycles. The van der Waals surface area contributed by atoms with Crippen LogP contribution >= 0.6 is 11.3 Å². The minimum Gasteiger partial charge on any atom is -0.378 e. The minimum absolute atomic E-state index is 0.00394. The molecule has 0 radical (unpaired) electrons. The summed E-state index contributed by atoms with van der Waals surface area (Å²) >= 11 is 1.55. The zero-order chi connectivity index (χ0) is 24.5. The molecule has 2 aliphatic heterocycles. The zero-order valence-electron chi connectivity index (χ0n) is 20.3. The van der Waals surface area contributed by atoms with Gasteiger partial charge in [-0.1, -0.05) is 6.92 Å². The van der Waals surface area contributed by atoms with Gasteiger partial charge in [-0.15, -0.1) is 11.3 Å². The van der Waals surface area contributed by atoms with Crippen molar-refractivity contribution in [3.8, 4) is 0 Å². The van der Waals surface area contributed by atoms with Crippen molar-refractivity contribution in [1.82, 2.24) is 20.1 Å². The third-order valence-electron chi connectivity index (χ3n) is 7.28. The number of nitrogens with one attached hydrogen (secondary N) is 1. The largest absolute Gasteiger partial charge is 0.378 e. The number of carbonyl (C=O) groups is 3. The van der Waals surface area contributed by atoms with Gasteiger partial charge < -0.3 is 15.1 Å². The number of thiazole rings is 1. The number of amides is 4. The van der Waals surface area contributed by atoms with Crippen LogP contribution in [0.4, 0.5) is 10.5 Å². The van der Waals surface area contributed by atoms with Crippen LogP contribution in [0.15, 0.2) is 29.8 Å². The van der Waals surface area contributed by atoms with Gasteiger partial charge in [0.15, 0.2) is 0 Å². The van der Waals surface area contributed by atoms with E-state index in [1.165, 1.54) is 4.90 Å². The molecule has 0 bridgehead atoms. The molecule has 4 rings (SSSR count). The average Bonchev–Trinajstić information content (AvgIpc) is 3.37. The molecule has 3 heterocycles. The summed E-state index contributed by atoms with van der Waals surface area (Å²) < 4.78 is 0. The minimum atomic E-state index is -0.887. The van der Waals surface area contributed by atoms with Gasteiger partial charge in [-0.2, -0.15) is 0 Å². The molecule has 34 heavy (non-hydrogen) atoms. The summed E-state index contributed by atoms with van der Waals surface area (Å²) in [5.74, 6) is -0.117. The smallest absolute Gasteiger partial charge is 0.325 e. The van der Waals surface area contributed by atoms with Crippen LogP contribution in [-0.2, 0) is 11.2 Å². The number of likely N-dealkylation sites (tertiary alicyclic amines) is 1. The highest BCUT2D eigenvalue weighted by Gasteiger charge is 2.54. The van der Waals surface area contributed by atoms with Crippen molar-refractivity contribution >= 4 is 34.9 Å². The molecule has 1 unspecified atom stereocenters. The topological polar surface area (TPSA) is 85.8 Å². The van der Waals surface area contributed by atoms with Gasteiger partial charge in [0.2, 0.25) is 0 Å². The van der Waals surface area contributed by atoms with E-state index in [2.05, 4.69) is 10.3 Å². The number of piperidine rings is 1. The maximum absolute atomic E-state index is 13.5. The highest BCUT2D eigenvalue weighted by molar-refractivity contribution is 7.09. The predicted octanol–water partition coefficient (Wildman–Crippen LogP) is 3.31. The number of hydrogen-bond donors (Lipinski definition) is 1. The van der Waals surface area contributed by atoms with E-state index < -0.39 is 5.54 Å². The number of imide groups is 1. The van der Waals surface area contributed by atoms with Crippen LogP contribution in [0.5, 0.6) is 0 Å². The summed E-state index contributed by atoms with van der Waals surface area (Å²) in [4.78, 5) is 49.9. The molecule has 8 nitrogen and oxygen atoms in total. The first-order valence-corrected chi connectivity index (χ1v) is 12.7. The Bertz CT molecular complexity index is 1060. The summed E-state index contributed by atoms with van der Waals surface area (Å²) in [7, 11) is 3.94. The normalized spacial score (nSPS) is 21.2. The first-order valence-electron chi connectivity index (χ1n) is 11.9. The van der Waals surface area contributed by atoms with E-state index in [0.717, 1.165) is 16.3 Å². The van der Waals surface area contributed by atoms with E-state index in [1.54, 1.807) is 16.8 Å². The fraction of sp³-hybridized carbons (Fsp3) is 0.520. The molecule has 2 aromatic rings. The summed E-state index contributed by atoms with van der Waals surface area (Å²) in [6, 6.07) is 7.30. The number of aromatic nitrogens is 1. The maximum atomic E-state index is 13.5. The first-order chi connectivity index (χ1) is 16.3. The molecule has 2 aliphatic rings. The van der Waals surface area contributed by atoms with Gasteiger partial charge in [0.25, 0.3) is 11.8 Å². The summed E-state index contributed by atoms with van der Waals surface area (Å²) in [5.41, 5.74) is 3.57. The average molecular weight is 484 g/mol. The molecular formula is C25H33N5O3S. The lowest BCUT2D eigenvalue weighted by Gasteiger charge is -2.40. The van der Waals surface area contributed by atoms with E-state index in [0.29, 0.717) is 50.9 Å². The van der Waals surface area contributed by atoms with E-state index in [1.807, 2.05) is 62.0 Å². The number of carbonyl (C=O) groups excluding carboxylic acids is 3. The Morgan fingerprint density at radius 3 is 2.44 bits per heavy atom. The Labute approximate surface area is 204 Å². The van der Waals surface area contributed by atoms with Gasteiger partial charge >= 0.3 is 6.03 Å². The number of aryl methyl sites for hydroxylation is 1. The van der Waals surface area contributed by atoms with Crippen molar-refractivity contribution in [2.45, 2.75) is 45.1 Å². The number of nitrogens with zero attached hydrogens (tertiary/aromatic N) is 4. The molecule has 0 saturated carbocycles. The number of anilines is 1. The van der Waals surface area contributed by atoms with Crippen LogP contribution < -0.4 is 10.2 Å². The first kappa shape index (κ1) is 24.2. The lowest BCUT2D eigenvalue weighted by molar-refractivity contribution is -0.134. The molecular weight excluding hydrogens is 450 g/mol. The van der Waals surface area contributed by atoms with Crippen molar-refractivity contribution in [3.05, 3.63) is 45.9 Å². The Balaban J connectivity index is 1.40. The van der Waals surface area contributed by atoms with Crippen LogP contribution in [0.1, 0.15) is 47.1 Å². The SMILES string of the molecule is CCC1(C2CCN(C(=O)c3ccc(N(C)C)cc3)CC2)NC(=O)N(CCc2scnc2C)C1=O. The van der Waals surface area contributed by atoms with Crippen molar-refractivity contribution in [2.24, 2.45) is 5.92 Å². The number of rotatable bonds is 7. The molecule has 1 atom stereocenters. The zero-order valence-corrected chi connectivity index (χ0v) is 21.2. The fourth-order valence-corrected chi connectivity index (χ4v) is 5.86. The van der Waals surface area contributed by atoms with Gasteiger partial charge in [0, 0.05) is 56.3 Å². The molecule has 182 valence electrons. The van der Waals surface area contributed by atoms with Crippen LogP contribution in [0, 0.1) is 12.8 Å². The Morgan fingerprint density at radius 1 is 1.21 bits per heavy atom. The standard InChI is InChI=1S/C25H33N5O3S/c1-5-25(23(32)30(24(33)27-25)15-12-21-17(2)26-16-34-21)19-10-13-29(14-11-19)22(31)18-6-8-20(9-7-18)28(3)4/h6-9,16,19H,5,10-15H2,1-4H3,(H,27,33). The fourth-order valence-electron chi connectivity index (χ4n) is 5.09. The summed E-state index contributed by atoms with van der Waals surface area (Å²) in [6.07, 6.45) is 2.53. The number of urea groups is 1. The molecule has 9 heteroatoms. The Morgan fingerprint density at radius 2 is 1.88 bits per heavy atom. The van der Waals surface area contributed by atoms with Crippen LogP contribution in [0.2, 0.25) is 0 Å². The summed E-state index contributed by atoms with van der Waals surface area (Å²) in [5, 5.41) is 3.04. The van der Waals surface area contributed by atoms with Gasteiger partial charge in [-0.3, -0.25) is 14.5 Å². The van der Waals surface area contributed by atoms with E-state index in [9.17, 15) is 14.4 Å². The van der Waals surface area contributed by atoms with Gasteiger partial charge in [-0.05, 0) is 56.4 Å². The summed E-state index contributed by atoms with van der Waals surface area (Å²) in [6.45, 7) is 5.40. The lowest BCUT2D eigenvalue weighted by atomic mass is 9.75.